The van der Waals surface area contributed by atoms with E-state index >= 15 is 0 Å². The van der Waals surface area contributed by atoms with E-state index in [2.05, 4.69) is 49.7 Å². The summed E-state index contributed by atoms with van der Waals surface area (Å²) in [7, 11) is -3.68. The van der Waals surface area contributed by atoms with Gasteiger partial charge in [-0.05, 0) is 0 Å². The summed E-state index contributed by atoms with van der Waals surface area (Å²) < 4.78 is 26.6. The summed E-state index contributed by atoms with van der Waals surface area (Å²) in [5.74, 6) is 0.503. The van der Waals surface area contributed by atoms with Gasteiger partial charge in [0, 0.05) is 0 Å². The van der Waals surface area contributed by atoms with Crippen molar-refractivity contribution in [1.29, 1.82) is 0 Å². The predicted molar refractivity (Wildman–Crippen MR) is 138 cm³/mol. The summed E-state index contributed by atoms with van der Waals surface area (Å²) in [4.78, 5) is 2.03. The second-order valence-corrected chi connectivity index (χ2v) is 15.6. The molecule has 33 heavy (non-hydrogen) atoms. The first-order chi connectivity index (χ1) is 15.9. The molecule has 0 amide bonds. The summed E-state index contributed by atoms with van der Waals surface area (Å²) in [6.45, 7) is 3.14. The van der Waals surface area contributed by atoms with Crippen molar-refractivity contribution in [2.24, 2.45) is 0 Å². The Morgan fingerprint density at radius 2 is 1.36 bits per heavy atom. The maximum atomic E-state index is 12.8. The molecule has 0 saturated carbocycles. The third-order valence-electron chi connectivity index (χ3n) is 5.35. The number of benzene rings is 3. The minimum atomic E-state index is -3.68. The number of aromatic nitrogens is 3. The Bertz CT molecular complexity index is 1330. The van der Waals surface area contributed by atoms with Crippen LogP contribution in [0.2, 0.25) is 0 Å². The van der Waals surface area contributed by atoms with E-state index in [-0.39, 0.29) is 0 Å². The van der Waals surface area contributed by atoms with E-state index in [9.17, 15) is 8.42 Å². The van der Waals surface area contributed by atoms with Crippen molar-refractivity contribution in [3.63, 3.8) is 0 Å². The van der Waals surface area contributed by atoms with Gasteiger partial charge in [0.1, 0.15) is 0 Å². The van der Waals surface area contributed by atoms with Crippen molar-refractivity contribution >= 4 is 52.5 Å². The van der Waals surface area contributed by atoms with E-state index in [0.29, 0.717) is 24.3 Å². The molecule has 0 atom stereocenters. The van der Waals surface area contributed by atoms with Crippen LogP contribution >= 0.6 is 5.51 Å². The van der Waals surface area contributed by atoms with E-state index in [0.717, 1.165) is 26.5 Å². The van der Waals surface area contributed by atoms with Crippen LogP contribution in [0.15, 0.2) is 91.0 Å². The molecule has 0 saturated heterocycles. The third-order valence-corrected chi connectivity index (χ3v) is 12.9. The zero-order valence-electron chi connectivity index (χ0n) is 18.4. The fourth-order valence-corrected chi connectivity index (χ4v) is 9.44. The van der Waals surface area contributed by atoms with E-state index in [1.54, 1.807) is 0 Å². The molecular formula is C24H25N4O2PSSe. The molecule has 1 aromatic heterocycles. The summed E-state index contributed by atoms with van der Waals surface area (Å²) in [6, 6.07) is 30.2. The van der Waals surface area contributed by atoms with Crippen LogP contribution in [0.4, 0.5) is 5.82 Å². The molecule has 4 aromatic rings. The van der Waals surface area contributed by atoms with Crippen molar-refractivity contribution in [1.82, 2.24) is 14.4 Å². The third kappa shape index (κ3) is 4.75. The first-order valence-corrected chi connectivity index (χ1v) is 16.4. The van der Waals surface area contributed by atoms with Crippen LogP contribution in [-0.4, -0.2) is 50.7 Å². The van der Waals surface area contributed by atoms with Gasteiger partial charge < -0.3 is 0 Å². The summed E-state index contributed by atoms with van der Waals surface area (Å²) >= 11 is 3.46. The van der Waals surface area contributed by atoms with Gasteiger partial charge in [-0.15, -0.1) is 0 Å². The first-order valence-electron chi connectivity index (χ1n) is 10.5. The second kappa shape index (κ2) is 9.78. The SMILES string of the molecule is CCN(Cc1ccccc1)c1c(P(=[Se])(c2ccccc2)c2ccccc2)nnn1S(C)(=O)=O. The Morgan fingerprint density at radius 1 is 0.879 bits per heavy atom. The molecule has 0 N–H and O–H groups in total. The first kappa shape index (κ1) is 23.7. The molecule has 0 spiro atoms. The van der Waals surface area contributed by atoms with Crippen LogP contribution in [0, 0.1) is 0 Å². The summed E-state index contributed by atoms with van der Waals surface area (Å²) in [6.07, 6.45) is 1.16. The molecule has 3 aromatic carbocycles. The standard InChI is InChI=1S/C24H25N4O2PSSe/c1-3-27(19-20-13-7-4-8-14-20)24-23(25-26-28(24)32(2,29)30)31(33,21-15-9-5-10-16-21)22-17-11-6-12-18-22/h4-18H,3,19H2,1-2H3. The molecule has 0 fully saturated rings. The molecular weight excluding hydrogens is 518 g/mol. The van der Waals surface area contributed by atoms with Crippen molar-refractivity contribution in [3.8, 4) is 0 Å². The molecule has 0 aliphatic carbocycles. The molecule has 0 aliphatic rings. The van der Waals surface area contributed by atoms with Crippen LogP contribution in [0.1, 0.15) is 12.5 Å². The quantitative estimate of drug-likeness (QED) is 0.253. The monoisotopic (exact) mass is 544 g/mol. The van der Waals surface area contributed by atoms with Crippen molar-refractivity contribution < 1.29 is 8.42 Å². The molecule has 9 heteroatoms. The van der Waals surface area contributed by atoms with Gasteiger partial charge in [-0.1, -0.05) is 0 Å². The normalized spacial score (nSPS) is 11.9. The zero-order chi connectivity index (χ0) is 23.5. The van der Waals surface area contributed by atoms with Crippen LogP contribution in [-0.2, 0) is 16.6 Å². The van der Waals surface area contributed by atoms with Gasteiger partial charge in [0.2, 0.25) is 0 Å². The summed E-state index contributed by atoms with van der Waals surface area (Å²) in [5, 5.41) is 10.8. The van der Waals surface area contributed by atoms with E-state index in [1.165, 1.54) is 0 Å². The predicted octanol–water partition coefficient (Wildman–Crippen LogP) is 2.49. The Hall–Kier alpha value is -2.50. The number of rotatable bonds is 8. The van der Waals surface area contributed by atoms with Gasteiger partial charge in [0.15, 0.2) is 0 Å². The minimum absolute atomic E-state index is 0.503. The van der Waals surface area contributed by atoms with Gasteiger partial charge in [-0.3, -0.25) is 0 Å². The molecule has 0 aliphatic heterocycles. The van der Waals surface area contributed by atoms with E-state index < -0.39 is 15.5 Å². The Morgan fingerprint density at radius 3 is 1.82 bits per heavy atom. The number of anilines is 1. The van der Waals surface area contributed by atoms with Gasteiger partial charge in [0.05, 0.1) is 0 Å². The van der Waals surface area contributed by atoms with Crippen LogP contribution in [0.3, 0.4) is 0 Å². The Labute approximate surface area is 202 Å². The van der Waals surface area contributed by atoms with E-state index in [1.807, 2.05) is 78.6 Å². The van der Waals surface area contributed by atoms with Crippen LogP contribution < -0.4 is 20.9 Å². The zero-order valence-corrected chi connectivity index (χ0v) is 21.9. The molecule has 0 unspecified atom stereocenters. The second-order valence-electron chi connectivity index (χ2n) is 7.62. The number of hydrogen-bond acceptors (Lipinski definition) is 5. The van der Waals surface area contributed by atoms with Crippen LogP contribution in [0.25, 0.3) is 0 Å². The molecule has 0 radical (unpaired) electrons. The Kier molecular flexibility index (Phi) is 7.01. The van der Waals surface area contributed by atoms with E-state index in [4.69, 9.17) is 0 Å². The van der Waals surface area contributed by atoms with Crippen molar-refractivity contribution in [2.45, 2.75) is 13.5 Å². The summed E-state index contributed by atoms with van der Waals surface area (Å²) in [5.41, 5.74) is -0.676. The number of hydrogen-bond donors (Lipinski definition) is 0. The van der Waals surface area contributed by atoms with Crippen molar-refractivity contribution in [3.05, 3.63) is 96.6 Å². The van der Waals surface area contributed by atoms with Crippen molar-refractivity contribution in [2.75, 3.05) is 17.7 Å². The average molecular weight is 543 g/mol. The van der Waals surface area contributed by atoms with Gasteiger partial charge >= 0.3 is 203 Å². The molecule has 1 heterocycles. The fourth-order valence-electron chi connectivity index (χ4n) is 3.75. The fraction of sp³-hybridized carbons (Fsp3) is 0.167. The number of nitrogens with zero attached hydrogens (tertiary/aromatic N) is 4. The average Bonchev–Trinajstić information content (AvgIpc) is 3.30. The molecule has 170 valence electrons. The molecule has 0 bridgehead atoms. The van der Waals surface area contributed by atoms with Gasteiger partial charge in [0.25, 0.3) is 0 Å². The molecule has 4 rings (SSSR count). The van der Waals surface area contributed by atoms with Gasteiger partial charge in [-0.2, -0.15) is 0 Å². The molecule has 6 nitrogen and oxygen atoms in total. The Balaban J connectivity index is 2.00. The van der Waals surface area contributed by atoms with Crippen LogP contribution in [0.5, 0.6) is 0 Å². The maximum absolute atomic E-state index is 12.8. The topological polar surface area (TPSA) is 68.1 Å². The van der Waals surface area contributed by atoms with Gasteiger partial charge in [-0.25, -0.2) is 0 Å².